The zero-order chi connectivity index (χ0) is 22.2. The van der Waals surface area contributed by atoms with Gasteiger partial charge in [-0.3, -0.25) is 4.79 Å². The Hall–Kier alpha value is -3.30. The first kappa shape index (κ1) is 20.6. The number of carbonyl (C=O) groups excluding carboxylic acids is 1. The van der Waals surface area contributed by atoms with Crippen molar-refractivity contribution in [3.05, 3.63) is 65.2 Å². The highest BCUT2D eigenvalue weighted by atomic mass is 32.1. The minimum absolute atomic E-state index is 0.231. The Bertz CT molecular complexity index is 1290. The van der Waals surface area contributed by atoms with Gasteiger partial charge in [0.25, 0.3) is 5.91 Å². The number of benzene rings is 2. The van der Waals surface area contributed by atoms with Crippen molar-refractivity contribution in [2.75, 3.05) is 36.5 Å². The monoisotopic (exact) mass is 451 g/mol. The number of aryl methyl sites for hydroxylation is 1. The maximum absolute atomic E-state index is 13.3. The molecule has 3 heterocycles. The average molecular weight is 452 g/mol. The van der Waals surface area contributed by atoms with Crippen LogP contribution in [0.4, 0.5) is 15.2 Å². The highest BCUT2D eigenvalue weighted by molar-refractivity contribution is 7.22. The summed E-state index contributed by atoms with van der Waals surface area (Å²) < 4.78 is 21.4. The molecule has 1 saturated heterocycles. The van der Waals surface area contributed by atoms with E-state index in [2.05, 4.69) is 15.3 Å². The third-order valence-electron chi connectivity index (χ3n) is 5.51. The lowest BCUT2D eigenvalue weighted by molar-refractivity contribution is 0.102. The van der Waals surface area contributed by atoms with Crippen LogP contribution in [0.2, 0.25) is 0 Å². The molecular weight excluding hydrogens is 429 g/mol. The summed E-state index contributed by atoms with van der Waals surface area (Å²) in [6.45, 7) is 6.71. The average Bonchev–Trinajstić information content (AvgIpc) is 3.35. The topological polar surface area (TPSA) is 72.3 Å². The van der Waals surface area contributed by atoms with Crippen molar-refractivity contribution in [1.29, 1.82) is 0 Å². The fourth-order valence-electron chi connectivity index (χ4n) is 3.88. The van der Waals surface area contributed by atoms with E-state index >= 15 is 0 Å². The van der Waals surface area contributed by atoms with E-state index < -0.39 is 0 Å². The summed E-state index contributed by atoms with van der Waals surface area (Å²) in [5.41, 5.74) is 4.12. The molecule has 4 aromatic rings. The second kappa shape index (κ2) is 8.33. The lowest BCUT2D eigenvalue weighted by Crippen LogP contribution is -2.36. The van der Waals surface area contributed by atoms with Crippen molar-refractivity contribution in [2.45, 2.75) is 13.8 Å². The molecule has 0 unspecified atom stereocenters. The van der Waals surface area contributed by atoms with Crippen molar-refractivity contribution in [3.63, 3.8) is 0 Å². The van der Waals surface area contributed by atoms with Gasteiger partial charge < -0.3 is 15.0 Å². The number of rotatable bonds is 4. The standard InChI is InChI=1S/C23H22FN5O2S/c1-14-21(15(2)29(27-14)18-6-3-16(24)4-7-18)22(30)25-17-5-8-19-20(13-17)32-23(26-19)28-9-11-31-12-10-28/h3-8,13H,9-12H2,1-2H3,(H,25,30). The summed E-state index contributed by atoms with van der Waals surface area (Å²) in [6, 6.07) is 11.8. The number of thiazole rings is 1. The number of nitrogens with zero attached hydrogens (tertiary/aromatic N) is 4. The number of nitrogens with one attached hydrogen (secondary N) is 1. The van der Waals surface area contributed by atoms with Crippen molar-refractivity contribution < 1.29 is 13.9 Å². The first-order chi connectivity index (χ1) is 15.5. The summed E-state index contributed by atoms with van der Waals surface area (Å²) in [6.07, 6.45) is 0. The van der Waals surface area contributed by atoms with Gasteiger partial charge in [0.1, 0.15) is 5.82 Å². The van der Waals surface area contributed by atoms with Crippen LogP contribution in [0.25, 0.3) is 15.9 Å². The van der Waals surface area contributed by atoms with E-state index in [4.69, 9.17) is 9.72 Å². The molecule has 9 heteroatoms. The summed E-state index contributed by atoms with van der Waals surface area (Å²) in [5, 5.41) is 8.45. The molecule has 0 spiro atoms. The molecule has 1 amide bonds. The van der Waals surface area contributed by atoms with Gasteiger partial charge in [-0.1, -0.05) is 11.3 Å². The number of hydrogen-bond donors (Lipinski definition) is 1. The lowest BCUT2D eigenvalue weighted by Gasteiger charge is -2.25. The van der Waals surface area contributed by atoms with E-state index in [0.29, 0.717) is 41.5 Å². The van der Waals surface area contributed by atoms with Crippen LogP contribution in [0, 0.1) is 19.7 Å². The summed E-state index contributed by atoms with van der Waals surface area (Å²) >= 11 is 1.61. The second-order valence-corrected chi connectivity index (χ2v) is 8.68. The van der Waals surface area contributed by atoms with Crippen LogP contribution in [-0.4, -0.2) is 47.0 Å². The number of fused-ring (bicyclic) bond motifs is 1. The molecule has 1 aliphatic heterocycles. The molecule has 7 nitrogen and oxygen atoms in total. The van der Waals surface area contributed by atoms with Crippen LogP contribution in [-0.2, 0) is 4.74 Å². The van der Waals surface area contributed by atoms with Crippen molar-refractivity contribution in [2.24, 2.45) is 0 Å². The van der Waals surface area contributed by atoms with Gasteiger partial charge in [-0.15, -0.1) is 0 Å². The Morgan fingerprint density at radius 1 is 1.12 bits per heavy atom. The molecule has 164 valence electrons. The third-order valence-corrected chi connectivity index (χ3v) is 6.59. The Balaban J connectivity index is 1.39. The first-order valence-electron chi connectivity index (χ1n) is 10.4. The van der Waals surface area contributed by atoms with Gasteiger partial charge in [0.2, 0.25) is 0 Å². The van der Waals surface area contributed by atoms with Gasteiger partial charge in [0.05, 0.1) is 46.1 Å². The smallest absolute Gasteiger partial charge is 0.259 e. The molecule has 5 rings (SSSR count). The molecule has 2 aromatic heterocycles. The van der Waals surface area contributed by atoms with Crippen molar-refractivity contribution >= 4 is 38.3 Å². The summed E-state index contributed by atoms with van der Waals surface area (Å²) in [7, 11) is 0. The number of amides is 1. The second-order valence-electron chi connectivity index (χ2n) is 7.67. The highest BCUT2D eigenvalue weighted by Gasteiger charge is 2.20. The number of hydrogen-bond acceptors (Lipinski definition) is 6. The molecule has 0 radical (unpaired) electrons. The van der Waals surface area contributed by atoms with Crippen LogP contribution >= 0.6 is 11.3 Å². The largest absolute Gasteiger partial charge is 0.378 e. The number of ether oxygens (including phenoxy) is 1. The van der Waals surface area contributed by atoms with E-state index in [1.807, 2.05) is 25.1 Å². The predicted octanol–water partition coefficient (Wildman–Crippen LogP) is 4.33. The molecule has 32 heavy (non-hydrogen) atoms. The minimum atomic E-state index is -0.316. The number of aromatic nitrogens is 3. The number of anilines is 2. The summed E-state index contributed by atoms with van der Waals surface area (Å²) in [4.78, 5) is 20.0. The van der Waals surface area contributed by atoms with Gasteiger partial charge >= 0.3 is 0 Å². The Kier molecular flexibility index (Phi) is 5.36. The van der Waals surface area contributed by atoms with Crippen molar-refractivity contribution in [1.82, 2.24) is 14.8 Å². The first-order valence-corrected chi connectivity index (χ1v) is 11.2. The predicted molar refractivity (Wildman–Crippen MR) is 124 cm³/mol. The maximum atomic E-state index is 13.3. The number of carbonyl (C=O) groups is 1. The molecule has 2 aromatic carbocycles. The molecular formula is C23H22FN5O2S. The Labute approximate surface area is 188 Å². The van der Waals surface area contributed by atoms with Gasteiger partial charge in [0.15, 0.2) is 5.13 Å². The molecule has 0 atom stereocenters. The zero-order valence-corrected chi connectivity index (χ0v) is 18.6. The third kappa shape index (κ3) is 3.85. The Morgan fingerprint density at radius 2 is 1.88 bits per heavy atom. The van der Waals surface area contributed by atoms with E-state index in [9.17, 15) is 9.18 Å². The summed E-state index contributed by atoms with van der Waals surface area (Å²) in [5.74, 6) is -0.547. The molecule has 0 bridgehead atoms. The molecule has 0 saturated carbocycles. The number of halogens is 1. The number of morpholine rings is 1. The van der Waals surface area contributed by atoms with Gasteiger partial charge in [-0.05, 0) is 56.3 Å². The van der Waals surface area contributed by atoms with Crippen LogP contribution in [0.5, 0.6) is 0 Å². The molecule has 1 N–H and O–H groups in total. The van der Waals surface area contributed by atoms with E-state index in [1.165, 1.54) is 12.1 Å². The van der Waals surface area contributed by atoms with Crippen LogP contribution in [0.15, 0.2) is 42.5 Å². The van der Waals surface area contributed by atoms with Crippen LogP contribution < -0.4 is 10.2 Å². The van der Waals surface area contributed by atoms with Crippen molar-refractivity contribution in [3.8, 4) is 5.69 Å². The Morgan fingerprint density at radius 3 is 2.62 bits per heavy atom. The van der Waals surface area contributed by atoms with E-state index in [-0.39, 0.29) is 11.7 Å². The highest BCUT2D eigenvalue weighted by Crippen LogP contribution is 2.31. The SMILES string of the molecule is Cc1nn(-c2ccc(F)cc2)c(C)c1C(=O)Nc1ccc2nc(N3CCOCC3)sc2c1. The quantitative estimate of drug-likeness (QED) is 0.500. The maximum Gasteiger partial charge on any atom is 0.259 e. The zero-order valence-electron chi connectivity index (χ0n) is 17.8. The van der Waals surface area contributed by atoms with Gasteiger partial charge in [-0.2, -0.15) is 5.10 Å². The fourth-order valence-corrected chi connectivity index (χ4v) is 4.94. The van der Waals surface area contributed by atoms with Crippen LogP contribution in [0.3, 0.4) is 0 Å². The van der Waals surface area contributed by atoms with E-state index in [1.54, 1.807) is 35.1 Å². The molecule has 0 aliphatic carbocycles. The van der Waals surface area contributed by atoms with Gasteiger partial charge in [0, 0.05) is 18.8 Å². The molecule has 1 aliphatic rings. The lowest BCUT2D eigenvalue weighted by atomic mass is 10.1. The normalized spacial score (nSPS) is 14.2. The fraction of sp³-hybridized carbons (Fsp3) is 0.261. The van der Waals surface area contributed by atoms with E-state index in [0.717, 1.165) is 28.4 Å². The van der Waals surface area contributed by atoms with Crippen LogP contribution in [0.1, 0.15) is 21.7 Å². The van der Waals surface area contributed by atoms with Gasteiger partial charge in [-0.25, -0.2) is 14.1 Å². The molecule has 1 fully saturated rings. The minimum Gasteiger partial charge on any atom is -0.378 e.